The number of carbonyl (C=O) groups is 6. The summed E-state index contributed by atoms with van der Waals surface area (Å²) in [5.74, 6) is 3.92. The Kier molecular flexibility index (Phi) is 8.26. The summed E-state index contributed by atoms with van der Waals surface area (Å²) in [7, 11) is 0. The molecule has 54 heavy (non-hydrogen) atoms. The Labute approximate surface area is 310 Å². The van der Waals surface area contributed by atoms with Crippen LogP contribution in [-0.4, -0.2) is 76.5 Å². The number of nitrogens with zero attached hydrogens (tertiary/aromatic N) is 4. The monoisotopic (exact) mass is 718 g/mol. The predicted molar refractivity (Wildman–Crippen MR) is 198 cm³/mol. The van der Waals surface area contributed by atoms with Crippen LogP contribution in [0.1, 0.15) is 74.5 Å². The van der Waals surface area contributed by atoms with Gasteiger partial charge < -0.3 is 15.1 Å². The van der Waals surface area contributed by atoms with Gasteiger partial charge in [-0.25, -0.2) is 0 Å². The third-order valence-corrected chi connectivity index (χ3v) is 10.8. The van der Waals surface area contributed by atoms with Crippen molar-refractivity contribution >= 4 is 57.6 Å². The average Bonchev–Trinajstić information content (AvgIpc) is 3.39. The van der Waals surface area contributed by atoms with E-state index in [1.807, 2.05) is 36.4 Å². The minimum atomic E-state index is -1.16. The standard InChI is InChI=1S/C42H34N6O6/c1-42(2,41(54)44-34-14-10-27(21-43)29-5-3-4-6-31(29)34)47-18-17-26-19-24(9-12-30(26)38(47)51)7-8-25-22-46(23-25)28-11-13-32-33(20-28)40(53)48(39(32)52)35-15-16-36(49)45-37(35)50/h3-6,9-14,19-20,25,35H,15-18,22-23H2,1-2H3,(H,44,54)(H,45,49,50). The molecule has 0 radical (unpaired) electrons. The molecule has 0 aromatic heterocycles. The zero-order valence-corrected chi connectivity index (χ0v) is 29.6. The van der Waals surface area contributed by atoms with E-state index < -0.39 is 35.2 Å². The summed E-state index contributed by atoms with van der Waals surface area (Å²) < 4.78 is 0. The van der Waals surface area contributed by atoms with Gasteiger partial charge in [-0.2, -0.15) is 5.26 Å². The van der Waals surface area contributed by atoms with Crippen molar-refractivity contribution in [2.45, 2.75) is 44.7 Å². The predicted octanol–water partition coefficient (Wildman–Crippen LogP) is 4.02. The molecule has 2 fully saturated rings. The van der Waals surface area contributed by atoms with E-state index in [1.165, 1.54) is 0 Å². The highest BCUT2D eigenvalue weighted by Gasteiger charge is 2.45. The molecule has 4 aliphatic heterocycles. The first-order valence-electron chi connectivity index (χ1n) is 17.7. The lowest BCUT2D eigenvalue weighted by atomic mass is 9.91. The zero-order valence-electron chi connectivity index (χ0n) is 29.6. The lowest BCUT2D eigenvalue weighted by Gasteiger charge is -2.40. The van der Waals surface area contributed by atoms with Crippen LogP contribution in [0.2, 0.25) is 0 Å². The minimum absolute atomic E-state index is 0.0624. The zero-order chi connectivity index (χ0) is 37.9. The first-order valence-corrected chi connectivity index (χ1v) is 17.7. The lowest BCUT2D eigenvalue weighted by molar-refractivity contribution is -0.136. The summed E-state index contributed by atoms with van der Waals surface area (Å²) in [6.45, 7) is 5.07. The van der Waals surface area contributed by atoms with Crippen LogP contribution in [0.5, 0.6) is 0 Å². The fourth-order valence-electron chi connectivity index (χ4n) is 7.62. The van der Waals surface area contributed by atoms with E-state index in [1.54, 1.807) is 55.1 Å². The molecule has 4 aromatic carbocycles. The van der Waals surface area contributed by atoms with Crippen molar-refractivity contribution in [3.8, 4) is 17.9 Å². The van der Waals surface area contributed by atoms with Gasteiger partial charge in [0, 0.05) is 59.3 Å². The van der Waals surface area contributed by atoms with Crippen LogP contribution in [-0.2, 0) is 20.8 Å². The largest absolute Gasteiger partial charge is 0.369 e. The van der Waals surface area contributed by atoms with Crippen molar-refractivity contribution < 1.29 is 28.8 Å². The second kappa shape index (κ2) is 13.0. The highest BCUT2D eigenvalue weighted by atomic mass is 16.2. The third-order valence-electron chi connectivity index (χ3n) is 10.8. The summed E-state index contributed by atoms with van der Waals surface area (Å²) in [6, 6.07) is 22.5. The van der Waals surface area contributed by atoms with Gasteiger partial charge in [0.25, 0.3) is 17.7 Å². The molecule has 2 N–H and O–H groups in total. The number of nitrogens with one attached hydrogen (secondary N) is 2. The second-order valence-electron chi connectivity index (χ2n) is 14.5. The molecule has 4 aromatic rings. The molecule has 6 amide bonds. The normalized spacial score (nSPS) is 18.4. The number of carbonyl (C=O) groups excluding carboxylic acids is 6. The Morgan fingerprint density at radius 2 is 1.59 bits per heavy atom. The first kappa shape index (κ1) is 34.3. The molecule has 0 bridgehead atoms. The molecule has 4 heterocycles. The Morgan fingerprint density at radius 1 is 0.852 bits per heavy atom. The molecular formula is C42H34N6O6. The van der Waals surface area contributed by atoms with E-state index in [-0.39, 0.29) is 41.7 Å². The van der Waals surface area contributed by atoms with E-state index in [0.29, 0.717) is 42.9 Å². The van der Waals surface area contributed by atoms with Crippen LogP contribution in [0, 0.1) is 29.1 Å². The molecule has 268 valence electrons. The van der Waals surface area contributed by atoms with E-state index in [9.17, 15) is 34.0 Å². The van der Waals surface area contributed by atoms with Gasteiger partial charge >= 0.3 is 0 Å². The quantitative estimate of drug-likeness (QED) is 0.231. The number of fused-ring (bicyclic) bond motifs is 3. The number of piperidine rings is 1. The van der Waals surface area contributed by atoms with E-state index in [4.69, 9.17) is 0 Å². The van der Waals surface area contributed by atoms with Gasteiger partial charge in [-0.15, -0.1) is 0 Å². The number of hydrogen-bond donors (Lipinski definition) is 2. The second-order valence-corrected chi connectivity index (χ2v) is 14.5. The highest BCUT2D eigenvalue weighted by Crippen LogP contribution is 2.34. The molecule has 0 spiro atoms. The number of benzene rings is 4. The maximum Gasteiger partial charge on any atom is 0.262 e. The van der Waals surface area contributed by atoms with Gasteiger partial charge in [-0.1, -0.05) is 36.1 Å². The topological polar surface area (TPSA) is 160 Å². The maximum atomic E-state index is 13.7. The molecule has 1 atom stereocenters. The van der Waals surface area contributed by atoms with Crippen LogP contribution in [0.3, 0.4) is 0 Å². The molecule has 1 unspecified atom stereocenters. The molecular weight excluding hydrogens is 684 g/mol. The van der Waals surface area contributed by atoms with Crippen molar-refractivity contribution in [1.29, 1.82) is 5.26 Å². The summed E-state index contributed by atoms with van der Waals surface area (Å²) in [5, 5.41) is 16.2. The number of nitriles is 1. The summed E-state index contributed by atoms with van der Waals surface area (Å²) in [4.78, 5) is 82.3. The minimum Gasteiger partial charge on any atom is -0.369 e. The lowest BCUT2D eigenvalue weighted by Crippen LogP contribution is -2.57. The summed E-state index contributed by atoms with van der Waals surface area (Å²) >= 11 is 0. The van der Waals surface area contributed by atoms with E-state index in [0.717, 1.165) is 32.5 Å². The van der Waals surface area contributed by atoms with E-state index >= 15 is 0 Å². The molecule has 8 rings (SSSR count). The summed E-state index contributed by atoms with van der Waals surface area (Å²) in [5.41, 5.74) is 3.37. The number of imide groups is 2. The Hall–Kier alpha value is -6.79. The molecule has 0 aliphatic carbocycles. The number of anilines is 2. The number of amides is 6. The Balaban J connectivity index is 0.903. The van der Waals surface area contributed by atoms with Crippen LogP contribution in [0.15, 0.2) is 72.8 Å². The Bertz CT molecular complexity index is 2460. The smallest absolute Gasteiger partial charge is 0.262 e. The van der Waals surface area contributed by atoms with Gasteiger partial charge in [0.1, 0.15) is 11.6 Å². The molecule has 4 aliphatic rings. The SMILES string of the molecule is CC(C)(C(=O)Nc1ccc(C#N)c2ccccc12)N1CCc2cc(C#CC3CN(c4ccc5c(c4)C(=O)N(C4CCC(=O)NC4=O)C5=O)C3)ccc2C1=O. The van der Waals surface area contributed by atoms with Gasteiger partial charge in [0.05, 0.1) is 28.7 Å². The van der Waals surface area contributed by atoms with Crippen molar-refractivity contribution in [3.05, 3.63) is 106 Å². The fraction of sp³-hybridized carbons (Fsp3) is 0.262. The fourth-order valence-corrected chi connectivity index (χ4v) is 7.62. The number of rotatable bonds is 5. The molecule has 12 heteroatoms. The van der Waals surface area contributed by atoms with Crippen LogP contribution < -0.4 is 15.5 Å². The van der Waals surface area contributed by atoms with Gasteiger partial charge in [0.15, 0.2) is 0 Å². The third kappa shape index (κ3) is 5.73. The van der Waals surface area contributed by atoms with Crippen molar-refractivity contribution in [3.63, 3.8) is 0 Å². The van der Waals surface area contributed by atoms with Gasteiger partial charge in [0.2, 0.25) is 17.7 Å². The highest BCUT2D eigenvalue weighted by molar-refractivity contribution is 6.23. The first-order chi connectivity index (χ1) is 25.9. The average molecular weight is 719 g/mol. The Morgan fingerprint density at radius 3 is 2.35 bits per heavy atom. The van der Waals surface area contributed by atoms with Crippen molar-refractivity contribution in [2.75, 3.05) is 29.9 Å². The van der Waals surface area contributed by atoms with Crippen LogP contribution in [0.4, 0.5) is 11.4 Å². The van der Waals surface area contributed by atoms with Crippen molar-refractivity contribution in [1.82, 2.24) is 15.1 Å². The number of hydrogen-bond acceptors (Lipinski definition) is 8. The molecule has 2 saturated heterocycles. The maximum absolute atomic E-state index is 13.7. The van der Waals surface area contributed by atoms with Crippen LogP contribution >= 0.6 is 0 Å². The summed E-state index contributed by atoms with van der Waals surface area (Å²) in [6.07, 6.45) is 0.725. The molecule has 12 nitrogen and oxygen atoms in total. The van der Waals surface area contributed by atoms with Gasteiger partial charge in [-0.3, -0.25) is 39.0 Å². The van der Waals surface area contributed by atoms with Gasteiger partial charge in [-0.05, 0) is 80.8 Å². The van der Waals surface area contributed by atoms with Crippen LogP contribution in [0.25, 0.3) is 10.8 Å². The van der Waals surface area contributed by atoms with Crippen molar-refractivity contribution in [2.24, 2.45) is 5.92 Å². The molecule has 0 saturated carbocycles. The van der Waals surface area contributed by atoms with E-state index in [2.05, 4.69) is 33.4 Å².